The summed E-state index contributed by atoms with van der Waals surface area (Å²) in [5, 5.41) is 13.3. The second-order valence-corrected chi connectivity index (χ2v) is 4.60. The zero-order valence-electron chi connectivity index (χ0n) is 9.59. The van der Waals surface area contributed by atoms with Crippen molar-refractivity contribution in [3.63, 3.8) is 0 Å². The second-order valence-electron chi connectivity index (χ2n) is 3.74. The smallest absolute Gasteiger partial charge is 0.323 e. The number of hydrogen-bond acceptors (Lipinski definition) is 5. The average molecular weight is 271 g/mol. The quantitative estimate of drug-likeness (QED) is 0.841. The Morgan fingerprint density at radius 3 is 2.89 bits per heavy atom. The Balaban J connectivity index is 1.90. The molecule has 2 amide bonds. The maximum atomic E-state index is 11.8. The molecule has 0 unspecified atom stereocenters. The number of carbonyl (C=O) groups is 2. The number of nitrogens with one attached hydrogen (secondary N) is 1. The highest BCUT2D eigenvalue weighted by atomic mass is 32.1. The number of carbonyl (C=O) groups excluding carboxylic acids is 1. The summed E-state index contributed by atoms with van der Waals surface area (Å²) in [6.45, 7) is 2.18. The number of urea groups is 1. The summed E-state index contributed by atoms with van der Waals surface area (Å²) >= 11 is 1.22. The van der Waals surface area contributed by atoms with Crippen LogP contribution < -0.4 is 5.32 Å². The number of aromatic nitrogens is 1. The van der Waals surface area contributed by atoms with E-state index in [2.05, 4.69) is 10.3 Å². The van der Waals surface area contributed by atoms with Crippen LogP contribution in [0.1, 0.15) is 5.69 Å². The van der Waals surface area contributed by atoms with E-state index in [9.17, 15) is 9.59 Å². The van der Waals surface area contributed by atoms with Crippen molar-refractivity contribution in [1.29, 1.82) is 0 Å². The predicted octanol–water partition coefficient (Wildman–Crippen LogP) is 0.634. The summed E-state index contributed by atoms with van der Waals surface area (Å²) in [7, 11) is 0. The van der Waals surface area contributed by atoms with Gasteiger partial charge >= 0.3 is 12.0 Å². The van der Waals surface area contributed by atoms with Crippen molar-refractivity contribution in [1.82, 2.24) is 9.88 Å². The number of amides is 2. The molecule has 0 bridgehead atoms. The highest BCUT2D eigenvalue weighted by Gasteiger charge is 2.18. The number of morpholine rings is 1. The molecule has 18 heavy (non-hydrogen) atoms. The van der Waals surface area contributed by atoms with E-state index in [1.807, 2.05) is 0 Å². The molecule has 0 atom stereocenters. The summed E-state index contributed by atoms with van der Waals surface area (Å²) < 4.78 is 5.15. The van der Waals surface area contributed by atoms with Gasteiger partial charge in [0.25, 0.3) is 0 Å². The molecule has 1 aromatic heterocycles. The summed E-state index contributed by atoms with van der Waals surface area (Å²) in [4.78, 5) is 28.0. The highest BCUT2D eigenvalue weighted by Crippen LogP contribution is 2.16. The molecule has 0 spiro atoms. The zero-order chi connectivity index (χ0) is 13.0. The maximum absolute atomic E-state index is 11.8. The lowest BCUT2D eigenvalue weighted by Crippen LogP contribution is -2.43. The van der Waals surface area contributed by atoms with Crippen LogP contribution in [-0.2, 0) is 16.0 Å². The SMILES string of the molecule is O=C(O)Cc1csc(NC(=O)N2CCOCC2)n1. The number of carboxylic acids is 1. The average Bonchev–Trinajstić information content (AvgIpc) is 2.76. The zero-order valence-corrected chi connectivity index (χ0v) is 10.4. The Morgan fingerprint density at radius 1 is 1.50 bits per heavy atom. The van der Waals surface area contributed by atoms with Crippen molar-refractivity contribution < 1.29 is 19.4 Å². The van der Waals surface area contributed by atoms with Gasteiger partial charge in [0.1, 0.15) is 0 Å². The van der Waals surface area contributed by atoms with E-state index >= 15 is 0 Å². The summed E-state index contributed by atoms with van der Waals surface area (Å²) in [5.74, 6) is -0.939. The molecule has 2 heterocycles. The molecule has 1 saturated heterocycles. The Hall–Kier alpha value is -1.67. The van der Waals surface area contributed by atoms with E-state index in [1.165, 1.54) is 11.3 Å². The molecule has 8 heteroatoms. The lowest BCUT2D eigenvalue weighted by atomic mass is 10.3. The molecule has 0 radical (unpaired) electrons. The van der Waals surface area contributed by atoms with Crippen LogP contribution >= 0.6 is 11.3 Å². The van der Waals surface area contributed by atoms with Crippen molar-refractivity contribution in [2.75, 3.05) is 31.6 Å². The van der Waals surface area contributed by atoms with Gasteiger partial charge in [-0.2, -0.15) is 0 Å². The van der Waals surface area contributed by atoms with Crippen LogP contribution in [0.25, 0.3) is 0 Å². The molecule has 2 rings (SSSR count). The molecule has 1 aromatic rings. The Labute approximate surface area is 107 Å². The minimum atomic E-state index is -0.939. The Bertz CT molecular complexity index is 442. The van der Waals surface area contributed by atoms with E-state index in [-0.39, 0.29) is 12.5 Å². The van der Waals surface area contributed by atoms with Crippen LogP contribution in [-0.4, -0.2) is 53.3 Å². The molecule has 0 saturated carbocycles. The van der Waals surface area contributed by atoms with E-state index in [0.29, 0.717) is 37.1 Å². The fourth-order valence-electron chi connectivity index (χ4n) is 1.54. The van der Waals surface area contributed by atoms with E-state index in [4.69, 9.17) is 9.84 Å². The second kappa shape index (κ2) is 5.78. The molecule has 2 N–H and O–H groups in total. The number of aliphatic carboxylic acids is 1. The van der Waals surface area contributed by atoms with Gasteiger partial charge in [0.05, 0.1) is 25.3 Å². The van der Waals surface area contributed by atoms with Gasteiger partial charge in [0.15, 0.2) is 5.13 Å². The van der Waals surface area contributed by atoms with Crippen molar-refractivity contribution in [3.8, 4) is 0 Å². The topological polar surface area (TPSA) is 91.8 Å². The summed E-state index contributed by atoms with van der Waals surface area (Å²) in [6.07, 6.45) is -0.135. The van der Waals surface area contributed by atoms with Gasteiger partial charge in [-0.15, -0.1) is 11.3 Å². The molecule has 1 aliphatic rings. The monoisotopic (exact) mass is 271 g/mol. The van der Waals surface area contributed by atoms with Crippen LogP contribution in [0.4, 0.5) is 9.93 Å². The molecule has 7 nitrogen and oxygen atoms in total. The normalized spacial score (nSPS) is 15.4. The lowest BCUT2D eigenvalue weighted by molar-refractivity contribution is -0.136. The van der Waals surface area contributed by atoms with Crippen LogP contribution in [0, 0.1) is 0 Å². The Kier molecular flexibility index (Phi) is 4.11. The van der Waals surface area contributed by atoms with Crippen LogP contribution in [0.5, 0.6) is 0 Å². The molecule has 0 aromatic carbocycles. The number of ether oxygens (including phenoxy) is 1. The first-order valence-electron chi connectivity index (χ1n) is 5.45. The molecule has 1 fully saturated rings. The van der Waals surface area contributed by atoms with Crippen LogP contribution in [0.2, 0.25) is 0 Å². The van der Waals surface area contributed by atoms with E-state index in [1.54, 1.807) is 10.3 Å². The van der Waals surface area contributed by atoms with Crippen molar-refractivity contribution in [2.24, 2.45) is 0 Å². The Morgan fingerprint density at radius 2 is 2.22 bits per heavy atom. The highest BCUT2D eigenvalue weighted by molar-refractivity contribution is 7.13. The van der Waals surface area contributed by atoms with Gasteiger partial charge in [-0.25, -0.2) is 9.78 Å². The van der Waals surface area contributed by atoms with Gasteiger partial charge in [-0.05, 0) is 0 Å². The van der Waals surface area contributed by atoms with Crippen molar-refractivity contribution in [3.05, 3.63) is 11.1 Å². The summed E-state index contributed by atoms with van der Waals surface area (Å²) in [5.41, 5.74) is 0.449. The first kappa shape index (κ1) is 12.8. The molecule has 1 aliphatic heterocycles. The first-order valence-corrected chi connectivity index (χ1v) is 6.33. The summed E-state index contributed by atoms with van der Waals surface area (Å²) in [6, 6.07) is -0.227. The van der Waals surface area contributed by atoms with Gasteiger partial charge in [0, 0.05) is 18.5 Å². The van der Waals surface area contributed by atoms with E-state index in [0.717, 1.165) is 0 Å². The third kappa shape index (κ3) is 3.41. The minimum absolute atomic E-state index is 0.135. The van der Waals surface area contributed by atoms with E-state index < -0.39 is 5.97 Å². The number of rotatable bonds is 3. The number of anilines is 1. The van der Waals surface area contributed by atoms with Crippen molar-refractivity contribution >= 4 is 28.5 Å². The van der Waals surface area contributed by atoms with Crippen molar-refractivity contribution in [2.45, 2.75) is 6.42 Å². The fraction of sp³-hybridized carbons (Fsp3) is 0.500. The third-order valence-corrected chi connectivity index (χ3v) is 3.20. The van der Waals surface area contributed by atoms with Crippen LogP contribution in [0.3, 0.4) is 0 Å². The minimum Gasteiger partial charge on any atom is -0.481 e. The number of hydrogen-bond donors (Lipinski definition) is 2. The largest absolute Gasteiger partial charge is 0.481 e. The third-order valence-electron chi connectivity index (χ3n) is 2.40. The first-order chi connectivity index (χ1) is 8.65. The predicted molar refractivity (Wildman–Crippen MR) is 64.9 cm³/mol. The van der Waals surface area contributed by atoms with Crippen LogP contribution in [0.15, 0.2) is 5.38 Å². The molecular weight excluding hydrogens is 258 g/mol. The number of carboxylic acid groups (broad SMARTS) is 1. The fourth-order valence-corrected chi connectivity index (χ4v) is 2.24. The standard InChI is InChI=1S/C10H13N3O4S/c14-8(15)5-7-6-18-9(11-7)12-10(16)13-1-3-17-4-2-13/h6H,1-5H2,(H,14,15)(H,11,12,16). The maximum Gasteiger partial charge on any atom is 0.323 e. The molecular formula is C10H13N3O4S. The number of nitrogens with zero attached hydrogens (tertiary/aromatic N) is 2. The molecule has 98 valence electrons. The van der Waals surface area contributed by atoms with Gasteiger partial charge < -0.3 is 14.7 Å². The molecule has 0 aliphatic carbocycles. The van der Waals surface area contributed by atoms with Gasteiger partial charge in [0.2, 0.25) is 0 Å². The lowest BCUT2D eigenvalue weighted by Gasteiger charge is -2.26. The number of thiazole rings is 1. The van der Waals surface area contributed by atoms with Gasteiger partial charge in [-0.1, -0.05) is 0 Å². The van der Waals surface area contributed by atoms with Gasteiger partial charge in [-0.3, -0.25) is 10.1 Å².